The van der Waals surface area contributed by atoms with Crippen molar-refractivity contribution in [2.24, 2.45) is 11.8 Å². The summed E-state index contributed by atoms with van der Waals surface area (Å²) >= 11 is 0. The maximum absolute atomic E-state index is 13.7. The minimum absolute atomic E-state index is 0.0247. The molecule has 5 nitrogen and oxygen atoms in total. The van der Waals surface area contributed by atoms with Gasteiger partial charge in [0.15, 0.2) is 16.6 Å². The topological polar surface area (TPSA) is 55.8 Å². The van der Waals surface area contributed by atoms with Crippen molar-refractivity contribution >= 4 is 28.4 Å². The molecule has 192 valence electrons. The van der Waals surface area contributed by atoms with Gasteiger partial charge in [-0.1, -0.05) is 85.0 Å². The van der Waals surface area contributed by atoms with Crippen molar-refractivity contribution in [3.8, 4) is 0 Å². The SMILES string of the molecule is CC(C(=O)OCc1ccccc1)C1C([C@@H](C)O[Si](C)(C)C(C)(C)C)C(=O)N1[Si](C)(C)C(C)(C)C. The van der Waals surface area contributed by atoms with Gasteiger partial charge in [0, 0.05) is 0 Å². The van der Waals surface area contributed by atoms with Crippen LogP contribution in [-0.4, -0.2) is 45.1 Å². The molecule has 1 amide bonds. The van der Waals surface area contributed by atoms with E-state index in [0.29, 0.717) is 0 Å². The van der Waals surface area contributed by atoms with E-state index in [1.807, 2.05) is 44.2 Å². The molecule has 4 atom stereocenters. The molecule has 0 N–H and O–H groups in total. The first-order valence-corrected chi connectivity index (χ1v) is 18.4. The number of nitrogens with zero attached hydrogens (tertiary/aromatic N) is 1. The molecule has 0 radical (unpaired) electrons. The zero-order valence-corrected chi connectivity index (χ0v) is 25.5. The Bertz CT molecular complexity index is 871. The average molecular weight is 506 g/mol. The van der Waals surface area contributed by atoms with Gasteiger partial charge in [-0.15, -0.1) is 0 Å². The molecular weight excluding hydrogens is 458 g/mol. The van der Waals surface area contributed by atoms with Crippen LogP contribution >= 0.6 is 0 Å². The highest BCUT2D eigenvalue weighted by molar-refractivity contribution is 6.80. The largest absolute Gasteiger partial charge is 0.461 e. The molecule has 3 unspecified atom stereocenters. The quantitative estimate of drug-likeness (QED) is 0.227. The number of β-lactam (4-membered cyclic amide) rings is 1. The molecule has 0 aliphatic carbocycles. The lowest BCUT2D eigenvalue weighted by Gasteiger charge is -2.61. The standard InChI is InChI=1S/C27H47NO4Si2/c1-19(25(30)31-18-21-16-14-13-15-17-21)23-22(20(2)32-34(11,12)27(6,7)8)24(29)28(23)33(9,10)26(3,4)5/h13-17,19-20,22-23H,18H2,1-12H3/t19?,20-,22?,23?/m1/s1. The number of ether oxygens (including phenoxy) is 1. The van der Waals surface area contributed by atoms with Gasteiger partial charge < -0.3 is 13.7 Å². The number of amides is 1. The van der Waals surface area contributed by atoms with Crippen LogP contribution in [0.2, 0.25) is 36.3 Å². The van der Waals surface area contributed by atoms with Gasteiger partial charge in [0.05, 0.1) is 24.0 Å². The minimum Gasteiger partial charge on any atom is -0.461 e. The molecule has 0 aromatic heterocycles. The van der Waals surface area contributed by atoms with Gasteiger partial charge in [-0.05, 0) is 42.6 Å². The normalized spacial score (nSPS) is 21.6. The fourth-order valence-corrected chi connectivity index (χ4v) is 8.25. The summed E-state index contributed by atoms with van der Waals surface area (Å²) in [5.74, 6) is -0.881. The smallest absolute Gasteiger partial charge is 0.311 e. The Kier molecular flexibility index (Phi) is 8.38. The summed E-state index contributed by atoms with van der Waals surface area (Å²) in [6, 6.07) is 9.50. The Labute approximate surface area is 209 Å². The van der Waals surface area contributed by atoms with Gasteiger partial charge in [0.2, 0.25) is 5.91 Å². The summed E-state index contributed by atoms with van der Waals surface area (Å²) in [7, 11) is -4.27. The van der Waals surface area contributed by atoms with E-state index in [2.05, 4.69) is 72.3 Å². The van der Waals surface area contributed by atoms with Crippen molar-refractivity contribution in [1.29, 1.82) is 0 Å². The number of hydrogen-bond acceptors (Lipinski definition) is 4. The molecule has 1 fully saturated rings. The van der Waals surface area contributed by atoms with Crippen LogP contribution in [0.1, 0.15) is 61.0 Å². The average Bonchev–Trinajstić information content (AvgIpc) is 2.68. The van der Waals surface area contributed by atoms with E-state index in [0.717, 1.165) is 5.56 Å². The van der Waals surface area contributed by atoms with Crippen LogP contribution < -0.4 is 0 Å². The lowest BCUT2D eigenvalue weighted by Crippen LogP contribution is -2.77. The molecule has 1 saturated heterocycles. The summed E-state index contributed by atoms with van der Waals surface area (Å²) in [5.41, 5.74) is 0.958. The zero-order chi connectivity index (χ0) is 26.3. The highest BCUT2D eigenvalue weighted by atomic mass is 28.4. The van der Waals surface area contributed by atoms with Crippen molar-refractivity contribution in [3.05, 3.63) is 35.9 Å². The molecule has 1 aliphatic rings. The summed E-state index contributed by atoms with van der Waals surface area (Å²) in [6.45, 7) is 26.3. The Hall–Kier alpha value is -1.45. The highest BCUT2D eigenvalue weighted by Crippen LogP contribution is 2.49. The maximum Gasteiger partial charge on any atom is 0.311 e. The molecule has 2 rings (SSSR count). The van der Waals surface area contributed by atoms with Crippen LogP contribution in [0.4, 0.5) is 0 Å². The summed E-state index contributed by atoms with van der Waals surface area (Å²) < 4.78 is 14.5. The van der Waals surface area contributed by atoms with Crippen molar-refractivity contribution < 1.29 is 18.8 Å². The van der Waals surface area contributed by atoms with Gasteiger partial charge in [0.1, 0.15) is 6.61 Å². The van der Waals surface area contributed by atoms with E-state index >= 15 is 0 Å². The predicted octanol–water partition coefficient (Wildman–Crippen LogP) is 6.61. The maximum atomic E-state index is 13.7. The van der Waals surface area contributed by atoms with Crippen LogP contribution in [0.3, 0.4) is 0 Å². The summed E-state index contributed by atoms with van der Waals surface area (Å²) in [4.78, 5) is 26.9. The van der Waals surface area contributed by atoms with Gasteiger partial charge in [-0.3, -0.25) is 9.59 Å². The first-order chi connectivity index (χ1) is 15.3. The van der Waals surface area contributed by atoms with E-state index in [-0.39, 0.29) is 46.6 Å². The second-order valence-electron chi connectivity index (χ2n) is 13.0. The first kappa shape index (κ1) is 28.8. The molecular formula is C27H47NO4Si2. The molecule has 0 spiro atoms. The van der Waals surface area contributed by atoms with Gasteiger partial charge in [-0.2, -0.15) is 0 Å². The Morgan fingerprint density at radius 3 is 1.97 bits per heavy atom. The van der Waals surface area contributed by atoms with E-state index in [4.69, 9.17) is 9.16 Å². The third-order valence-corrected chi connectivity index (χ3v) is 18.5. The van der Waals surface area contributed by atoms with Crippen LogP contribution in [0.5, 0.6) is 0 Å². The van der Waals surface area contributed by atoms with E-state index in [1.165, 1.54) is 0 Å². The summed E-state index contributed by atoms with van der Waals surface area (Å²) in [6.07, 6.45) is -0.246. The molecule has 0 saturated carbocycles. The Morgan fingerprint density at radius 1 is 0.971 bits per heavy atom. The molecule has 1 aromatic carbocycles. The molecule has 7 heteroatoms. The molecule has 1 heterocycles. The van der Waals surface area contributed by atoms with Crippen LogP contribution in [0.25, 0.3) is 0 Å². The third-order valence-electron chi connectivity index (χ3n) is 8.53. The lowest BCUT2D eigenvalue weighted by atomic mass is 9.78. The van der Waals surface area contributed by atoms with Crippen molar-refractivity contribution in [2.75, 3.05) is 0 Å². The number of hydrogen-bond donors (Lipinski definition) is 0. The lowest BCUT2D eigenvalue weighted by molar-refractivity contribution is -0.166. The zero-order valence-electron chi connectivity index (χ0n) is 23.5. The third kappa shape index (κ3) is 5.68. The molecule has 34 heavy (non-hydrogen) atoms. The van der Waals surface area contributed by atoms with E-state index in [1.54, 1.807) is 0 Å². The number of carbonyl (C=O) groups excluding carboxylic acids is 2. The van der Waals surface area contributed by atoms with Crippen molar-refractivity contribution in [2.45, 2.75) is 110 Å². The van der Waals surface area contributed by atoms with Gasteiger partial charge in [0.25, 0.3) is 0 Å². The Morgan fingerprint density at radius 2 is 1.50 bits per heavy atom. The molecule has 0 bridgehead atoms. The minimum atomic E-state index is -2.19. The van der Waals surface area contributed by atoms with Crippen molar-refractivity contribution in [1.82, 2.24) is 4.57 Å². The Balaban J connectivity index is 2.32. The number of rotatable bonds is 8. The highest BCUT2D eigenvalue weighted by Gasteiger charge is 2.62. The monoisotopic (exact) mass is 505 g/mol. The van der Waals surface area contributed by atoms with Gasteiger partial charge >= 0.3 is 5.97 Å². The summed E-state index contributed by atoms with van der Waals surface area (Å²) in [5, 5.41) is 0.0198. The number of carbonyl (C=O) groups is 2. The predicted molar refractivity (Wildman–Crippen MR) is 144 cm³/mol. The fraction of sp³-hybridized carbons (Fsp3) is 0.704. The van der Waals surface area contributed by atoms with Crippen LogP contribution in [0.15, 0.2) is 30.3 Å². The van der Waals surface area contributed by atoms with Crippen LogP contribution in [0, 0.1) is 11.8 Å². The van der Waals surface area contributed by atoms with Crippen LogP contribution in [-0.2, 0) is 25.4 Å². The van der Waals surface area contributed by atoms with E-state index in [9.17, 15) is 9.59 Å². The fourth-order valence-electron chi connectivity index (χ4n) is 4.27. The molecule has 1 aliphatic heterocycles. The number of benzene rings is 1. The van der Waals surface area contributed by atoms with Gasteiger partial charge in [-0.25, -0.2) is 0 Å². The van der Waals surface area contributed by atoms with Crippen molar-refractivity contribution in [3.63, 3.8) is 0 Å². The number of esters is 1. The second-order valence-corrected chi connectivity index (χ2v) is 22.9. The second kappa shape index (κ2) is 9.90. The molecule has 1 aromatic rings. The first-order valence-electron chi connectivity index (χ1n) is 12.5. The van der Waals surface area contributed by atoms with E-state index < -0.39 is 22.5 Å².